The summed E-state index contributed by atoms with van der Waals surface area (Å²) in [6.07, 6.45) is 0. The van der Waals surface area contributed by atoms with Gasteiger partial charge in [-0.05, 0) is 105 Å². The minimum Gasteiger partial charge on any atom is -0.0616 e. The van der Waals surface area contributed by atoms with Gasteiger partial charge >= 0.3 is 0 Å². The lowest BCUT2D eigenvalue weighted by molar-refractivity contribution is 0.661. The first-order valence-electron chi connectivity index (χ1n) is 17.3. The van der Waals surface area contributed by atoms with E-state index in [1.54, 1.807) is 0 Å². The average molecular weight is 623 g/mol. The van der Waals surface area contributed by atoms with Gasteiger partial charge in [-0.15, -0.1) is 0 Å². The van der Waals surface area contributed by atoms with Gasteiger partial charge in [-0.25, -0.2) is 0 Å². The number of fused-ring (bicyclic) bond motifs is 8. The second-order valence-corrected chi connectivity index (χ2v) is 14.0. The highest BCUT2D eigenvalue weighted by Crippen LogP contribution is 2.55. The first-order valence-corrected chi connectivity index (χ1v) is 17.3. The van der Waals surface area contributed by atoms with E-state index in [2.05, 4.69) is 184 Å². The van der Waals surface area contributed by atoms with Gasteiger partial charge in [0.15, 0.2) is 0 Å². The highest BCUT2D eigenvalue weighted by molar-refractivity contribution is 6.23. The standard InChI is InChI=1S/C49H34/c1-49(2)43-27-13-25-37(48(43)47-36-20-6-4-15-32(36)28-29-44(47)49)33-17-11-18-34(30-33)45-39-21-7-9-23-41(39)46(42-24-10-8-22-40(42)45)38-26-12-16-31-14-3-5-19-35(31)38/h3-30H,1-2H3. The molecule has 0 heterocycles. The van der Waals surface area contributed by atoms with Crippen LogP contribution in [0.1, 0.15) is 25.0 Å². The van der Waals surface area contributed by atoms with Crippen molar-refractivity contribution in [1.29, 1.82) is 0 Å². The van der Waals surface area contributed by atoms with Gasteiger partial charge in [-0.1, -0.05) is 178 Å². The second-order valence-electron chi connectivity index (χ2n) is 14.0. The zero-order valence-electron chi connectivity index (χ0n) is 27.7. The van der Waals surface area contributed by atoms with Crippen LogP contribution in [0.4, 0.5) is 0 Å². The van der Waals surface area contributed by atoms with E-state index < -0.39 is 0 Å². The molecule has 0 aliphatic heterocycles. The Hall–Kier alpha value is -5.98. The lowest BCUT2D eigenvalue weighted by Gasteiger charge is -2.22. The van der Waals surface area contributed by atoms with E-state index in [9.17, 15) is 0 Å². The fourth-order valence-corrected chi connectivity index (χ4v) is 8.81. The summed E-state index contributed by atoms with van der Waals surface area (Å²) in [5.74, 6) is 0. The topological polar surface area (TPSA) is 0 Å². The van der Waals surface area contributed by atoms with Gasteiger partial charge in [-0.3, -0.25) is 0 Å². The van der Waals surface area contributed by atoms with E-state index in [4.69, 9.17) is 0 Å². The van der Waals surface area contributed by atoms with Crippen molar-refractivity contribution >= 4 is 43.1 Å². The molecule has 0 fully saturated rings. The van der Waals surface area contributed by atoms with Crippen LogP contribution in [0.25, 0.3) is 87.6 Å². The van der Waals surface area contributed by atoms with Gasteiger partial charge in [0, 0.05) is 5.41 Å². The van der Waals surface area contributed by atoms with E-state index in [0.29, 0.717) is 0 Å². The molecule has 0 bridgehead atoms. The molecule has 0 heteroatoms. The molecule has 0 nitrogen and oxygen atoms in total. The van der Waals surface area contributed by atoms with Crippen molar-refractivity contribution in [2.45, 2.75) is 19.3 Å². The van der Waals surface area contributed by atoms with Crippen molar-refractivity contribution in [2.24, 2.45) is 0 Å². The van der Waals surface area contributed by atoms with Gasteiger partial charge in [0.25, 0.3) is 0 Å². The number of benzene rings is 9. The number of hydrogen-bond donors (Lipinski definition) is 0. The third kappa shape index (κ3) is 4.04. The Morgan fingerprint density at radius 3 is 1.51 bits per heavy atom. The maximum absolute atomic E-state index is 2.43. The van der Waals surface area contributed by atoms with Crippen LogP contribution in [0.3, 0.4) is 0 Å². The Balaban J connectivity index is 1.25. The van der Waals surface area contributed by atoms with Crippen LogP contribution < -0.4 is 0 Å². The summed E-state index contributed by atoms with van der Waals surface area (Å²) >= 11 is 0. The predicted octanol–water partition coefficient (Wildman–Crippen LogP) is 13.6. The van der Waals surface area contributed by atoms with Crippen LogP contribution in [0, 0.1) is 0 Å². The molecule has 1 aliphatic carbocycles. The molecule has 0 amide bonds. The highest BCUT2D eigenvalue weighted by atomic mass is 14.4. The Morgan fingerprint density at radius 1 is 0.306 bits per heavy atom. The van der Waals surface area contributed by atoms with Gasteiger partial charge < -0.3 is 0 Å². The number of rotatable bonds is 3. The van der Waals surface area contributed by atoms with Crippen molar-refractivity contribution in [3.05, 3.63) is 181 Å². The van der Waals surface area contributed by atoms with Gasteiger partial charge in [0.2, 0.25) is 0 Å². The molecule has 10 rings (SSSR count). The fourth-order valence-electron chi connectivity index (χ4n) is 8.81. The molecule has 0 unspecified atom stereocenters. The van der Waals surface area contributed by atoms with Crippen LogP contribution in [-0.2, 0) is 5.41 Å². The Morgan fingerprint density at radius 2 is 0.796 bits per heavy atom. The monoisotopic (exact) mass is 622 g/mol. The summed E-state index contributed by atoms with van der Waals surface area (Å²) in [5.41, 5.74) is 13.1. The van der Waals surface area contributed by atoms with E-state index >= 15 is 0 Å². The molecule has 0 aromatic heterocycles. The Labute approximate surface area is 286 Å². The smallest absolute Gasteiger partial charge is 0.0159 e. The molecule has 0 saturated heterocycles. The maximum Gasteiger partial charge on any atom is 0.0159 e. The largest absolute Gasteiger partial charge is 0.0616 e. The van der Waals surface area contributed by atoms with Crippen molar-refractivity contribution < 1.29 is 0 Å². The summed E-state index contributed by atoms with van der Waals surface area (Å²) in [4.78, 5) is 0. The molecule has 0 atom stereocenters. The van der Waals surface area contributed by atoms with E-state index in [0.717, 1.165) is 0 Å². The van der Waals surface area contributed by atoms with Crippen molar-refractivity contribution in [3.63, 3.8) is 0 Å². The predicted molar refractivity (Wildman–Crippen MR) is 210 cm³/mol. The Kier molecular flexibility index (Phi) is 6.02. The van der Waals surface area contributed by atoms with E-state index in [-0.39, 0.29) is 5.41 Å². The summed E-state index contributed by atoms with van der Waals surface area (Å²) in [5, 5.41) is 10.3. The SMILES string of the molecule is CC1(C)c2cccc(-c3cccc(-c4c5ccccc5c(-c5cccc6ccccc56)c5ccccc45)c3)c2-c2c1ccc1ccccc21. The van der Waals surface area contributed by atoms with E-state index in [1.807, 2.05) is 0 Å². The average Bonchev–Trinajstić information content (AvgIpc) is 3.40. The first-order chi connectivity index (χ1) is 24.1. The highest BCUT2D eigenvalue weighted by Gasteiger charge is 2.37. The molecule has 49 heavy (non-hydrogen) atoms. The lowest BCUT2D eigenvalue weighted by atomic mass is 9.81. The summed E-state index contributed by atoms with van der Waals surface area (Å²) < 4.78 is 0. The lowest BCUT2D eigenvalue weighted by Crippen LogP contribution is -2.14. The minimum absolute atomic E-state index is 0.0772. The molecule has 0 radical (unpaired) electrons. The minimum atomic E-state index is -0.0772. The van der Waals surface area contributed by atoms with Crippen LogP contribution in [0.2, 0.25) is 0 Å². The molecule has 9 aromatic carbocycles. The summed E-state index contributed by atoms with van der Waals surface area (Å²) in [6, 6.07) is 63.1. The third-order valence-corrected chi connectivity index (χ3v) is 11.0. The van der Waals surface area contributed by atoms with Crippen LogP contribution >= 0.6 is 0 Å². The van der Waals surface area contributed by atoms with Crippen LogP contribution in [0.15, 0.2) is 170 Å². The number of hydrogen-bond acceptors (Lipinski definition) is 0. The summed E-state index contributed by atoms with van der Waals surface area (Å²) in [6.45, 7) is 4.75. The summed E-state index contributed by atoms with van der Waals surface area (Å²) in [7, 11) is 0. The van der Waals surface area contributed by atoms with Crippen LogP contribution in [0.5, 0.6) is 0 Å². The normalized spacial score (nSPS) is 13.3. The quantitative estimate of drug-likeness (QED) is 0.172. The zero-order valence-corrected chi connectivity index (χ0v) is 27.7. The fraction of sp³-hybridized carbons (Fsp3) is 0.0612. The molecule has 230 valence electrons. The molecule has 9 aromatic rings. The van der Waals surface area contributed by atoms with Gasteiger partial charge in [0.1, 0.15) is 0 Å². The van der Waals surface area contributed by atoms with Gasteiger partial charge in [0.05, 0.1) is 0 Å². The first kappa shape index (κ1) is 28.1. The second kappa shape index (κ2) is 10.5. The van der Waals surface area contributed by atoms with Gasteiger partial charge in [-0.2, -0.15) is 0 Å². The molecular formula is C49H34. The zero-order chi connectivity index (χ0) is 32.7. The third-order valence-electron chi connectivity index (χ3n) is 11.0. The van der Waals surface area contributed by atoms with Crippen molar-refractivity contribution in [2.75, 3.05) is 0 Å². The maximum atomic E-state index is 2.43. The van der Waals surface area contributed by atoms with E-state index in [1.165, 1.54) is 98.7 Å². The Bertz CT molecular complexity index is 2730. The van der Waals surface area contributed by atoms with Crippen molar-refractivity contribution in [3.8, 4) is 44.5 Å². The molecule has 0 N–H and O–H groups in total. The van der Waals surface area contributed by atoms with Crippen LogP contribution in [-0.4, -0.2) is 0 Å². The van der Waals surface area contributed by atoms with Crippen molar-refractivity contribution in [1.82, 2.24) is 0 Å². The molecule has 1 aliphatic rings. The molecular weight excluding hydrogens is 589 g/mol. The molecule has 0 spiro atoms. The molecule has 0 saturated carbocycles.